The van der Waals surface area contributed by atoms with E-state index in [9.17, 15) is 0 Å². The summed E-state index contributed by atoms with van der Waals surface area (Å²) in [6.07, 6.45) is 2.68. The number of hydrogen-bond donors (Lipinski definition) is 1. The number of hydrogen-bond acceptors (Lipinski definition) is 4. The van der Waals surface area contributed by atoms with Crippen LogP contribution >= 0.6 is 11.8 Å². The number of nitrogens with zero attached hydrogens (tertiary/aromatic N) is 1. The topological polar surface area (TPSA) is 38.1 Å². The predicted molar refractivity (Wildman–Crippen MR) is 77.1 cm³/mol. The van der Waals surface area contributed by atoms with E-state index >= 15 is 0 Å². The van der Waals surface area contributed by atoms with Gasteiger partial charge in [0.05, 0.1) is 11.4 Å². The molecule has 0 bridgehead atoms. The number of aromatic nitrogens is 1. The summed E-state index contributed by atoms with van der Waals surface area (Å²) < 4.78 is 5.20. The Morgan fingerprint density at radius 1 is 1.32 bits per heavy atom. The van der Waals surface area contributed by atoms with Crippen LogP contribution in [0.1, 0.15) is 29.9 Å². The van der Waals surface area contributed by atoms with E-state index in [1.165, 1.54) is 23.3 Å². The van der Waals surface area contributed by atoms with E-state index < -0.39 is 0 Å². The highest BCUT2D eigenvalue weighted by Crippen LogP contribution is 2.24. The summed E-state index contributed by atoms with van der Waals surface area (Å²) in [6.45, 7) is 2.93. The molecule has 1 saturated carbocycles. The third-order valence-electron chi connectivity index (χ3n) is 3.15. The average molecular weight is 274 g/mol. The minimum atomic E-state index is 0.767. The Hall–Kier alpha value is -1.26. The molecule has 0 amide bonds. The molecule has 100 valence electrons. The largest absolute Gasteiger partial charge is 0.360 e. The van der Waals surface area contributed by atoms with E-state index in [2.05, 4.69) is 34.7 Å². The van der Waals surface area contributed by atoms with Crippen LogP contribution in [-0.4, -0.2) is 11.2 Å². The number of rotatable bonds is 6. The smallest absolute Gasteiger partial charge is 0.147 e. The highest BCUT2D eigenvalue weighted by molar-refractivity contribution is 7.98. The van der Waals surface area contributed by atoms with E-state index in [1.54, 1.807) is 11.8 Å². The highest BCUT2D eigenvalue weighted by atomic mass is 32.2. The van der Waals surface area contributed by atoms with Gasteiger partial charge in [-0.1, -0.05) is 17.3 Å². The molecular formula is C15H18N2OS. The van der Waals surface area contributed by atoms with Crippen molar-refractivity contribution in [1.82, 2.24) is 10.5 Å². The molecule has 3 nitrogen and oxygen atoms in total. The van der Waals surface area contributed by atoms with Gasteiger partial charge < -0.3 is 9.84 Å². The molecular weight excluding hydrogens is 256 g/mol. The molecule has 0 atom stereocenters. The predicted octanol–water partition coefficient (Wildman–Crippen LogP) is 3.53. The van der Waals surface area contributed by atoms with Crippen LogP contribution < -0.4 is 5.32 Å². The van der Waals surface area contributed by atoms with Gasteiger partial charge in [-0.05, 0) is 37.5 Å². The van der Waals surface area contributed by atoms with Crippen molar-refractivity contribution < 1.29 is 4.52 Å². The quantitative estimate of drug-likeness (QED) is 0.818. The SMILES string of the molecule is Cc1cc(CSc2ccc(CNC3CC3)cc2)on1. The van der Waals surface area contributed by atoms with Gasteiger partial charge in [-0.2, -0.15) is 0 Å². The Kier molecular flexibility index (Phi) is 3.89. The molecule has 1 aliphatic rings. The molecule has 0 spiro atoms. The molecule has 1 aromatic carbocycles. The molecule has 4 heteroatoms. The number of nitrogens with one attached hydrogen (secondary N) is 1. The molecule has 19 heavy (non-hydrogen) atoms. The average Bonchev–Trinajstić information content (AvgIpc) is 3.17. The molecule has 0 radical (unpaired) electrons. The molecule has 2 aromatic rings. The lowest BCUT2D eigenvalue weighted by Gasteiger charge is -2.04. The molecule has 1 N–H and O–H groups in total. The third kappa shape index (κ3) is 3.85. The van der Waals surface area contributed by atoms with Gasteiger partial charge in [0.1, 0.15) is 5.76 Å². The maximum absolute atomic E-state index is 5.20. The van der Waals surface area contributed by atoms with Crippen molar-refractivity contribution in [1.29, 1.82) is 0 Å². The number of thioether (sulfide) groups is 1. The monoisotopic (exact) mass is 274 g/mol. The van der Waals surface area contributed by atoms with E-state index in [0.29, 0.717) is 0 Å². The molecule has 0 unspecified atom stereocenters. The van der Waals surface area contributed by atoms with Crippen molar-refractivity contribution in [3.05, 3.63) is 47.3 Å². The van der Waals surface area contributed by atoms with Crippen molar-refractivity contribution in [3.63, 3.8) is 0 Å². The summed E-state index contributed by atoms with van der Waals surface area (Å²) in [7, 11) is 0. The standard InChI is InChI=1S/C15H18N2OS/c1-11-8-14(18-17-11)10-19-15-6-2-12(3-7-15)9-16-13-4-5-13/h2-3,6-8,13,16H,4-5,9-10H2,1H3. The van der Waals surface area contributed by atoms with E-state index in [-0.39, 0.29) is 0 Å². The van der Waals surface area contributed by atoms with Crippen LogP contribution in [0.4, 0.5) is 0 Å². The molecule has 0 aliphatic heterocycles. The number of aryl methyl sites for hydroxylation is 1. The highest BCUT2D eigenvalue weighted by Gasteiger charge is 2.19. The van der Waals surface area contributed by atoms with Crippen molar-refractivity contribution >= 4 is 11.8 Å². The first-order valence-electron chi connectivity index (χ1n) is 6.67. The summed E-state index contributed by atoms with van der Waals surface area (Å²) in [5.41, 5.74) is 2.30. The molecule has 3 rings (SSSR count). The second kappa shape index (κ2) is 5.80. The number of benzene rings is 1. The molecule has 1 fully saturated rings. The lowest BCUT2D eigenvalue weighted by molar-refractivity contribution is 0.391. The summed E-state index contributed by atoms with van der Waals surface area (Å²) >= 11 is 1.78. The lowest BCUT2D eigenvalue weighted by atomic mass is 10.2. The van der Waals surface area contributed by atoms with Gasteiger partial charge in [0, 0.05) is 23.5 Å². The van der Waals surface area contributed by atoms with Crippen LogP contribution in [0.3, 0.4) is 0 Å². The maximum atomic E-state index is 5.20. The summed E-state index contributed by atoms with van der Waals surface area (Å²) in [5, 5.41) is 7.42. The fraction of sp³-hybridized carbons (Fsp3) is 0.400. The fourth-order valence-corrected chi connectivity index (χ4v) is 2.67. The minimum absolute atomic E-state index is 0.767. The van der Waals surface area contributed by atoms with Crippen LogP contribution in [0.25, 0.3) is 0 Å². The Morgan fingerprint density at radius 3 is 2.74 bits per heavy atom. The Balaban J connectivity index is 1.50. The Morgan fingerprint density at radius 2 is 2.11 bits per heavy atom. The second-order valence-electron chi connectivity index (χ2n) is 5.02. The van der Waals surface area contributed by atoms with Crippen LogP contribution in [0.15, 0.2) is 39.8 Å². The van der Waals surface area contributed by atoms with Gasteiger partial charge in [0.25, 0.3) is 0 Å². The molecule has 1 aromatic heterocycles. The first-order chi connectivity index (χ1) is 9.29. The zero-order chi connectivity index (χ0) is 13.1. The van der Waals surface area contributed by atoms with E-state index in [0.717, 1.165) is 29.8 Å². The van der Waals surface area contributed by atoms with Crippen LogP contribution in [0.5, 0.6) is 0 Å². The first kappa shape index (κ1) is 12.8. The zero-order valence-corrected chi connectivity index (χ0v) is 11.9. The van der Waals surface area contributed by atoms with Gasteiger partial charge in [-0.25, -0.2) is 0 Å². The van der Waals surface area contributed by atoms with Gasteiger partial charge in [-0.15, -0.1) is 11.8 Å². The Labute approximate surface area is 117 Å². The molecule has 1 aliphatic carbocycles. The maximum Gasteiger partial charge on any atom is 0.147 e. The van der Waals surface area contributed by atoms with Gasteiger partial charge in [0.15, 0.2) is 0 Å². The van der Waals surface area contributed by atoms with Crippen molar-refractivity contribution in [2.45, 2.75) is 43.0 Å². The lowest BCUT2D eigenvalue weighted by Crippen LogP contribution is -2.14. The van der Waals surface area contributed by atoms with E-state index in [1.807, 2.05) is 13.0 Å². The van der Waals surface area contributed by atoms with Crippen LogP contribution in [-0.2, 0) is 12.3 Å². The normalized spacial score (nSPS) is 14.8. The molecule has 0 saturated heterocycles. The Bertz CT molecular complexity index is 531. The van der Waals surface area contributed by atoms with Crippen molar-refractivity contribution in [3.8, 4) is 0 Å². The van der Waals surface area contributed by atoms with Crippen LogP contribution in [0, 0.1) is 6.92 Å². The van der Waals surface area contributed by atoms with Gasteiger partial charge in [-0.3, -0.25) is 0 Å². The summed E-state index contributed by atoms with van der Waals surface area (Å²) in [5.74, 6) is 1.77. The summed E-state index contributed by atoms with van der Waals surface area (Å²) in [4.78, 5) is 1.27. The minimum Gasteiger partial charge on any atom is -0.360 e. The van der Waals surface area contributed by atoms with E-state index in [4.69, 9.17) is 4.52 Å². The fourth-order valence-electron chi connectivity index (χ4n) is 1.89. The van der Waals surface area contributed by atoms with Crippen LogP contribution in [0.2, 0.25) is 0 Å². The molecule has 1 heterocycles. The second-order valence-corrected chi connectivity index (χ2v) is 6.07. The summed E-state index contributed by atoms with van der Waals surface area (Å²) in [6, 6.07) is 11.5. The zero-order valence-electron chi connectivity index (χ0n) is 11.1. The van der Waals surface area contributed by atoms with Crippen molar-refractivity contribution in [2.24, 2.45) is 0 Å². The van der Waals surface area contributed by atoms with Crippen molar-refractivity contribution in [2.75, 3.05) is 0 Å². The van der Waals surface area contributed by atoms with Gasteiger partial charge in [0.2, 0.25) is 0 Å². The first-order valence-corrected chi connectivity index (χ1v) is 7.65. The van der Waals surface area contributed by atoms with Gasteiger partial charge >= 0.3 is 0 Å². The third-order valence-corrected chi connectivity index (χ3v) is 4.19.